The van der Waals surface area contributed by atoms with Crippen LogP contribution in [0, 0.1) is 5.92 Å². The Bertz CT molecular complexity index is 1250. The molecule has 1 saturated heterocycles. The predicted molar refractivity (Wildman–Crippen MR) is 116 cm³/mol. The molecule has 3 N–H and O–H groups in total. The van der Waals surface area contributed by atoms with Crippen LogP contribution in [0.3, 0.4) is 0 Å². The molecular formula is C21H24N4O6S. The van der Waals surface area contributed by atoms with Crippen LogP contribution >= 0.6 is 0 Å². The van der Waals surface area contributed by atoms with Crippen molar-refractivity contribution in [2.24, 2.45) is 5.92 Å². The van der Waals surface area contributed by atoms with Crippen LogP contribution in [-0.4, -0.2) is 54.3 Å². The van der Waals surface area contributed by atoms with E-state index in [4.69, 9.17) is 4.74 Å². The first-order valence-corrected chi connectivity index (χ1v) is 11.8. The zero-order chi connectivity index (χ0) is 22.7. The lowest BCUT2D eigenvalue weighted by molar-refractivity contribution is -0.124. The number of piperidine rings is 1. The van der Waals surface area contributed by atoms with E-state index in [0.717, 1.165) is 11.8 Å². The minimum atomic E-state index is -4.11. The fourth-order valence-corrected chi connectivity index (χ4v) is 5.57. The van der Waals surface area contributed by atoms with Crippen LogP contribution in [0.5, 0.6) is 5.75 Å². The molecule has 1 aromatic heterocycles. The number of rotatable bonds is 2. The van der Waals surface area contributed by atoms with E-state index in [2.05, 4.69) is 10.3 Å². The average Bonchev–Trinajstić information content (AvgIpc) is 2.75. The summed E-state index contributed by atoms with van der Waals surface area (Å²) in [6.45, 7) is 0.141. The molecule has 0 saturated carbocycles. The first kappa shape index (κ1) is 22.0. The number of benzene rings is 1. The molecule has 1 amide bonds. The van der Waals surface area contributed by atoms with Crippen molar-refractivity contribution in [2.45, 2.75) is 30.2 Å². The number of hydrogen-bond acceptors (Lipinski definition) is 6. The van der Waals surface area contributed by atoms with E-state index >= 15 is 0 Å². The van der Waals surface area contributed by atoms with Gasteiger partial charge in [0, 0.05) is 25.3 Å². The number of aromatic amines is 2. The van der Waals surface area contributed by atoms with Crippen LogP contribution < -0.4 is 21.3 Å². The summed E-state index contributed by atoms with van der Waals surface area (Å²) in [5, 5.41) is 2.96. The van der Waals surface area contributed by atoms with Gasteiger partial charge in [0.05, 0.1) is 0 Å². The van der Waals surface area contributed by atoms with Gasteiger partial charge in [0.15, 0.2) is 11.5 Å². The van der Waals surface area contributed by atoms with Gasteiger partial charge in [-0.15, -0.1) is 0 Å². The van der Waals surface area contributed by atoms with Gasteiger partial charge in [-0.3, -0.25) is 14.6 Å². The molecule has 10 nitrogen and oxygen atoms in total. The van der Waals surface area contributed by atoms with Gasteiger partial charge in [-0.05, 0) is 36.8 Å². The molecule has 2 aliphatic heterocycles. The number of fused-ring (bicyclic) bond motifs is 2. The Hall–Kier alpha value is -3.18. The number of aromatic nitrogens is 2. The second kappa shape index (κ2) is 9.13. The maximum Gasteiger partial charge on any atom is 0.325 e. The molecule has 0 bridgehead atoms. The van der Waals surface area contributed by atoms with Gasteiger partial charge in [-0.2, -0.15) is 4.31 Å². The summed E-state index contributed by atoms with van der Waals surface area (Å²) >= 11 is 0. The van der Waals surface area contributed by atoms with E-state index < -0.39 is 26.2 Å². The van der Waals surface area contributed by atoms with Gasteiger partial charge in [0.25, 0.3) is 11.5 Å². The molecule has 170 valence electrons. The fourth-order valence-electron chi connectivity index (χ4n) is 4.06. The highest BCUT2D eigenvalue weighted by Crippen LogP contribution is 2.26. The van der Waals surface area contributed by atoms with Crippen molar-refractivity contribution in [2.75, 3.05) is 19.7 Å². The van der Waals surface area contributed by atoms with Crippen molar-refractivity contribution in [1.29, 1.82) is 0 Å². The van der Waals surface area contributed by atoms with Gasteiger partial charge >= 0.3 is 5.69 Å². The summed E-state index contributed by atoms with van der Waals surface area (Å²) < 4.78 is 33.0. The number of nitrogens with one attached hydrogen (secondary N) is 3. The number of allylic oxidation sites excluding steroid dienone is 2. The number of ether oxygens (including phenoxy) is 1. The van der Waals surface area contributed by atoms with Gasteiger partial charge in [0.2, 0.25) is 10.0 Å². The van der Waals surface area contributed by atoms with E-state index in [1.165, 1.54) is 4.31 Å². The molecule has 32 heavy (non-hydrogen) atoms. The van der Waals surface area contributed by atoms with Crippen molar-refractivity contribution in [3.8, 4) is 5.75 Å². The first-order chi connectivity index (χ1) is 15.3. The molecule has 0 unspecified atom stereocenters. The number of amides is 1. The Morgan fingerprint density at radius 3 is 2.72 bits per heavy atom. The number of hydrogen-bond donors (Lipinski definition) is 3. The first-order valence-electron chi connectivity index (χ1n) is 10.3. The van der Waals surface area contributed by atoms with Crippen molar-refractivity contribution < 1.29 is 17.9 Å². The van der Waals surface area contributed by atoms with Gasteiger partial charge in [-0.1, -0.05) is 30.4 Å². The van der Waals surface area contributed by atoms with Crippen molar-refractivity contribution in [3.63, 3.8) is 0 Å². The molecule has 3 heterocycles. The summed E-state index contributed by atoms with van der Waals surface area (Å²) in [5.41, 5.74) is -0.777. The van der Waals surface area contributed by atoms with Crippen LogP contribution in [-0.2, 0) is 21.2 Å². The predicted octanol–water partition coefficient (Wildman–Crippen LogP) is 0.140. The Labute approximate surface area is 184 Å². The summed E-state index contributed by atoms with van der Waals surface area (Å²) in [6, 6.07) is 7.29. The van der Waals surface area contributed by atoms with Crippen LogP contribution in [0.15, 0.2) is 57.1 Å². The fraction of sp³-hybridized carbons (Fsp3) is 0.381. The molecule has 1 fully saturated rings. The Morgan fingerprint density at radius 2 is 1.91 bits per heavy atom. The molecular weight excluding hydrogens is 436 g/mol. The number of para-hydroxylation sites is 1. The van der Waals surface area contributed by atoms with Crippen LogP contribution in [0.25, 0.3) is 0 Å². The largest absolute Gasteiger partial charge is 0.483 e. The second-order valence-electron chi connectivity index (χ2n) is 7.83. The highest BCUT2D eigenvalue weighted by Gasteiger charge is 2.37. The summed E-state index contributed by atoms with van der Waals surface area (Å²) in [6.07, 6.45) is 6.47. The number of sulfonamides is 1. The molecule has 1 aromatic carbocycles. The Morgan fingerprint density at radius 1 is 1.09 bits per heavy atom. The standard InChI is InChI=1S/C21H24N4O6S/c26-19-13-31-17-8-4-3-6-14(17)5-1-2-7-15-12-25(10-9-16(15)23-19)32(29,30)18-11-22-21(28)24-20(18)27/h1-4,6,8,11,15-16H,5,7,9-10,12-13H2,(H,23,26)(H2,22,24,27,28)/b2-1+/t15-,16+/m0/s1. The van der Waals surface area contributed by atoms with E-state index in [1.807, 2.05) is 41.4 Å². The van der Waals surface area contributed by atoms with E-state index in [9.17, 15) is 22.8 Å². The minimum Gasteiger partial charge on any atom is -0.483 e. The second-order valence-corrected chi connectivity index (χ2v) is 9.74. The maximum atomic E-state index is 13.0. The van der Waals surface area contributed by atoms with Crippen molar-refractivity contribution >= 4 is 15.9 Å². The van der Waals surface area contributed by atoms with Crippen LogP contribution in [0.2, 0.25) is 0 Å². The van der Waals surface area contributed by atoms with E-state index in [-0.39, 0.29) is 37.6 Å². The zero-order valence-corrected chi connectivity index (χ0v) is 18.1. The lowest BCUT2D eigenvalue weighted by atomic mass is 9.90. The Balaban J connectivity index is 1.56. The van der Waals surface area contributed by atoms with Crippen molar-refractivity contribution in [1.82, 2.24) is 19.6 Å². The van der Waals surface area contributed by atoms with Gasteiger partial charge in [-0.25, -0.2) is 13.2 Å². The van der Waals surface area contributed by atoms with Crippen molar-refractivity contribution in [3.05, 3.63) is 69.0 Å². The SMILES string of the molecule is O=C1COc2ccccc2C/C=C/C[C@H]2CN(S(=O)(=O)c3c[nH]c(=O)[nH]c3=O)CC[C@H]2N1. The van der Waals surface area contributed by atoms with Gasteiger partial charge in [0.1, 0.15) is 5.75 Å². The van der Waals surface area contributed by atoms with Crippen LogP contribution in [0.1, 0.15) is 18.4 Å². The molecule has 2 atom stereocenters. The molecule has 11 heteroatoms. The molecule has 0 spiro atoms. The number of H-pyrrole nitrogens is 2. The quantitative estimate of drug-likeness (QED) is 0.545. The normalized spacial score (nSPS) is 23.4. The molecule has 4 rings (SSSR count). The Kier molecular flexibility index (Phi) is 6.28. The number of nitrogens with zero attached hydrogens (tertiary/aromatic N) is 1. The third-order valence-electron chi connectivity index (χ3n) is 5.72. The van der Waals surface area contributed by atoms with Crippen LogP contribution in [0.4, 0.5) is 0 Å². The third-order valence-corrected chi connectivity index (χ3v) is 7.59. The number of carbonyl (C=O) groups is 1. The van der Waals surface area contributed by atoms with E-state index in [0.29, 0.717) is 25.0 Å². The van der Waals surface area contributed by atoms with Gasteiger partial charge < -0.3 is 15.0 Å². The topological polar surface area (TPSA) is 141 Å². The minimum absolute atomic E-state index is 0.126. The smallest absolute Gasteiger partial charge is 0.325 e. The summed E-state index contributed by atoms with van der Waals surface area (Å²) in [5.74, 6) is 0.208. The van der Waals surface area contributed by atoms with E-state index in [1.54, 1.807) is 0 Å². The summed E-state index contributed by atoms with van der Waals surface area (Å²) in [4.78, 5) is 39.4. The average molecular weight is 461 g/mol. The number of carbonyl (C=O) groups excluding carboxylic acids is 1. The molecule has 2 aliphatic rings. The zero-order valence-electron chi connectivity index (χ0n) is 17.2. The monoisotopic (exact) mass is 460 g/mol. The summed E-state index contributed by atoms with van der Waals surface area (Å²) in [7, 11) is -4.11. The molecule has 2 aromatic rings. The highest BCUT2D eigenvalue weighted by molar-refractivity contribution is 7.89. The lowest BCUT2D eigenvalue weighted by Gasteiger charge is -2.37. The highest BCUT2D eigenvalue weighted by atomic mass is 32.2. The lowest BCUT2D eigenvalue weighted by Crippen LogP contribution is -2.53. The maximum absolute atomic E-state index is 13.0. The molecule has 0 radical (unpaired) electrons. The molecule has 0 aliphatic carbocycles. The third kappa shape index (κ3) is 4.68.